The van der Waals surface area contributed by atoms with Crippen LogP contribution in [0.15, 0.2) is 0 Å². The van der Waals surface area contributed by atoms with Crippen molar-refractivity contribution in [3.63, 3.8) is 0 Å². The third kappa shape index (κ3) is 7.52. The minimum atomic E-state index is -1.91. The first kappa shape index (κ1) is 32.1. The summed E-state index contributed by atoms with van der Waals surface area (Å²) in [6.07, 6.45) is -20.2. The molecule has 37 heavy (non-hydrogen) atoms. The van der Waals surface area contributed by atoms with Gasteiger partial charge >= 0.3 is 0 Å². The molecule has 16 nitrogen and oxygen atoms in total. The predicted molar refractivity (Wildman–Crippen MR) is 118 cm³/mol. The molecule has 2 aliphatic heterocycles. The van der Waals surface area contributed by atoms with Gasteiger partial charge in [-0.05, 0) is 6.92 Å². The van der Waals surface area contributed by atoms with E-state index in [1.54, 1.807) is 0 Å². The smallest absolute Gasteiger partial charge is 0.217 e. The van der Waals surface area contributed by atoms with E-state index in [2.05, 4.69) is 5.32 Å². The van der Waals surface area contributed by atoms with E-state index >= 15 is 0 Å². The van der Waals surface area contributed by atoms with Crippen molar-refractivity contribution in [3.05, 3.63) is 0 Å². The monoisotopic (exact) mass is 545 g/mol. The largest absolute Gasteiger partial charge is 0.394 e. The summed E-state index contributed by atoms with van der Waals surface area (Å²) in [5, 5.41) is 93.3. The van der Waals surface area contributed by atoms with Crippen LogP contribution in [0.3, 0.4) is 0 Å². The fourth-order valence-corrected chi connectivity index (χ4v) is 4.22. The van der Waals surface area contributed by atoms with E-state index in [1.165, 1.54) is 14.0 Å². The van der Waals surface area contributed by atoms with Crippen LogP contribution in [-0.2, 0) is 28.5 Å². The van der Waals surface area contributed by atoms with Gasteiger partial charge in [-0.3, -0.25) is 4.79 Å². The van der Waals surface area contributed by atoms with Crippen molar-refractivity contribution in [3.8, 4) is 0 Å². The van der Waals surface area contributed by atoms with Crippen LogP contribution in [0.25, 0.3) is 0 Å². The third-order valence-corrected chi connectivity index (χ3v) is 6.36. The normalized spacial score (nSPS) is 40.0. The van der Waals surface area contributed by atoms with Crippen molar-refractivity contribution < 1.29 is 74.4 Å². The third-order valence-electron chi connectivity index (χ3n) is 6.36. The summed E-state index contributed by atoms with van der Waals surface area (Å²) < 4.78 is 27.8. The van der Waals surface area contributed by atoms with Crippen LogP contribution in [0, 0.1) is 0 Å². The minimum absolute atomic E-state index is 0.639. The number of amides is 1. The molecular formula is C21H39NO15. The van der Waals surface area contributed by atoms with Gasteiger partial charge in [0, 0.05) is 14.0 Å². The maximum atomic E-state index is 11.6. The lowest BCUT2D eigenvalue weighted by molar-refractivity contribution is -0.374. The van der Waals surface area contributed by atoms with Crippen LogP contribution in [-0.4, -0.2) is 165 Å². The molecule has 0 aromatic heterocycles. The summed E-state index contributed by atoms with van der Waals surface area (Å²) in [4.78, 5) is 11.6. The first-order valence-electron chi connectivity index (χ1n) is 11.7. The number of methoxy groups -OCH3 is 1. The molecule has 0 aromatic carbocycles. The molecule has 0 bridgehead atoms. The lowest BCUT2D eigenvalue weighted by Gasteiger charge is -2.47. The molecule has 2 aliphatic rings. The van der Waals surface area contributed by atoms with Gasteiger partial charge in [-0.1, -0.05) is 0 Å². The number of carbonyl (C=O) groups is 1. The minimum Gasteiger partial charge on any atom is -0.394 e. The summed E-state index contributed by atoms with van der Waals surface area (Å²) >= 11 is 0. The highest BCUT2D eigenvalue weighted by Crippen LogP contribution is 2.31. The van der Waals surface area contributed by atoms with Crippen LogP contribution in [0.4, 0.5) is 0 Å². The fraction of sp³-hybridized carbons (Fsp3) is 0.952. The average molecular weight is 546 g/mol. The number of hydrogen-bond donors (Lipinski definition) is 10. The molecule has 16 heteroatoms. The molecule has 0 radical (unpaired) electrons. The zero-order chi connectivity index (χ0) is 28.0. The van der Waals surface area contributed by atoms with E-state index in [0.29, 0.717) is 0 Å². The number of aliphatic hydroxyl groups excluding tert-OH is 9. The van der Waals surface area contributed by atoms with Gasteiger partial charge in [0.15, 0.2) is 12.6 Å². The number of ether oxygens (including phenoxy) is 5. The Kier molecular flexibility index (Phi) is 12.4. The maximum Gasteiger partial charge on any atom is 0.217 e. The Bertz CT molecular complexity index is 703. The number of hydrogen-bond acceptors (Lipinski definition) is 15. The number of carbonyl (C=O) groups excluding carboxylic acids is 1. The Morgan fingerprint density at radius 2 is 1.54 bits per heavy atom. The van der Waals surface area contributed by atoms with E-state index in [4.69, 9.17) is 23.7 Å². The summed E-state index contributed by atoms with van der Waals surface area (Å²) in [6.45, 7) is 0.0530. The first-order chi connectivity index (χ1) is 17.4. The summed E-state index contributed by atoms with van der Waals surface area (Å²) in [5.74, 6) is -0.639. The van der Waals surface area contributed by atoms with Gasteiger partial charge in [-0.15, -0.1) is 0 Å². The molecule has 14 atom stereocenters. The van der Waals surface area contributed by atoms with Crippen molar-refractivity contribution >= 4 is 5.91 Å². The Hall–Kier alpha value is -1.09. The molecule has 2 rings (SSSR count). The van der Waals surface area contributed by atoms with Gasteiger partial charge in [0.05, 0.1) is 32.0 Å². The van der Waals surface area contributed by atoms with Crippen LogP contribution in [0.5, 0.6) is 0 Å². The Labute approximate surface area is 212 Å². The van der Waals surface area contributed by atoms with E-state index in [-0.39, 0.29) is 0 Å². The molecule has 0 aliphatic carbocycles. The van der Waals surface area contributed by atoms with Crippen molar-refractivity contribution in [2.24, 2.45) is 0 Å². The molecule has 218 valence electrons. The van der Waals surface area contributed by atoms with Crippen LogP contribution < -0.4 is 5.32 Å². The van der Waals surface area contributed by atoms with Crippen molar-refractivity contribution in [1.29, 1.82) is 0 Å². The van der Waals surface area contributed by atoms with Crippen LogP contribution >= 0.6 is 0 Å². The maximum absolute atomic E-state index is 11.6. The van der Waals surface area contributed by atoms with Crippen LogP contribution in [0.1, 0.15) is 13.8 Å². The SMILES string of the molecule is CO[C@@H]1[C@H](O[C@H]2[C@H](O[C@@H]([C@@H](O)[C@H](O)CO)[C@H](CO)NC(C)=O)O[C@H](CO)[C@H](O)[C@@H]2O)O[C@@H](C)[C@@H](O)[C@H]1O. The van der Waals surface area contributed by atoms with Crippen molar-refractivity contribution in [2.75, 3.05) is 26.9 Å². The zero-order valence-corrected chi connectivity index (χ0v) is 20.7. The highest BCUT2D eigenvalue weighted by Gasteiger charge is 2.52. The highest BCUT2D eigenvalue weighted by molar-refractivity contribution is 5.73. The molecule has 2 fully saturated rings. The Morgan fingerprint density at radius 1 is 0.919 bits per heavy atom. The molecule has 2 saturated heterocycles. The molecule has 2 heterocycles. The van der Waals surface area contributed by atoms with E-state index in [0.717, 1.165) is 6.92 Å². The fourth-order valence-electron chi connectivity index (χ4n) is 4.22. The van der Waals surface area contributed by atoms with Gasteiger partial charge in [-0.2, -0.15) is 0 Å². The van der Waals surface area contributed by atoms with Gasteiger partial charge in [0.1, 0.15) is 61.0 Å². The van der Waals surface area contributed by atoms with Crippen molar-refractivity contribution in [2.45, 2.75) is 99.6 Å². The second kappa shape index (κ2) is 14.3. The average Bonchev–Trinajstić information content (AvgIpc) is 2.87. The molecule has 10 N–H and O–H groups in total. The number of aliphatic hydroxyl groups is 9. The summed E-state index contributed by atoms with van der Waals surface area (Å²) in [7, 11) is 1.21. The first-order valence-corrected chi connectivity index (χ1v) is 11.7. The number of rotatable bonds is 12. The molecule has 0 unspecified atom stereocenters. The lowest BCUT2D eigenvalue weighted by Crippen LogP contribution is -2.66. The zero-order valence-electron chi connectivity index (χ0n) is 20.7. The van der Waals surface area contributed by atoms with Crippen molar-refractivity contribution in [1.82, 2.24) is 5.32 Å². The predicted octanol–water partition coefficient (Wildman–Crippen LogP) is -6.11. The molecule has 0 spiro atoms. The van der Waals surface area contributed by atoms with E-state index < -0.39 is 111 Å². The Balaban J connectivity index is 2.41. The standard InChI is InChI=1S/C21H39NO15/c1-7-12(28)15(31)18(33-3)20(34-7)37-19-16(32)14(30)11(6-25)35-21(19)36-17(13(29)10(27)5-24)9(4-23)22-8(2)26/h7,9-21,23-25,27-32H,4-6H2,1-3H3,(H,22,26)/t7-,9-,10+,11+,12+,13-,14-,15+,16-,17+,18-,19+,20-,21-/m0/s1. The summed E-state index contributed by atoms with van der Waals surface area (Å²) in [5.41, 5.74) is 0. The van der Waals surface area contributed by atoms with Gasteiger partial charge < -0.3 is 75.0 Å². The molecule has 1 amide bonds. The second-order valence-electron chi connectivity index (χ2n) is 9.03. The molecular weight excluding hydrogens is 506 g/mol. The quantitative estimate of drug-likeness (QED) is 0.109. The summed E-state index contributed by atoms with van der Waals surface area (Å²) in [6, 6.07) is -1.36. The van der Waals surface area contributed by atoms with E-state index in [1.807, 2.05) is 0 Å². The van der Waals surface area contributed by atoms with Gasteiger partial charge in [0.25, 0.3) is 0 Å². The molecule has 0 saturated carbocycles. The van der Waals surface area contributed by atoms with E-state index in [9.17, 15) is 50.8 Å². The van der Waals surface area contributed by atoms with Gasteiger partial charge in [-0.25, -0.2) is 0 Å². The highest BCUT2D eigenvalue weighted by atomic mass is 16.8. The lowest BCUT2D eigenvalue weighted by atomic mass is 9.96. The number of nitrogens with one attached hydrogen (secondary N) is 1. The van der Waals surface area contributed by atoms with Crippen LogP contribution in [0.2, 0.25) is 0 Å². The molecule has 0 aromatic rings. The second-order valence-corrected chi connectivity index (χ2v) is 9.03. The Morgan fingerprint density at radius 3 is 2.05 bits per heavy atom. The van der Waals surface area contributed by atoms with Gasteiger partial charge in [0.2, 0.25) is 5.91 Å². The topological polar surface area (TPSA) is 257 Å².